The topological polar surface area (TPSA) is 124 Å². The fourth-order valence-corrected chi connectivity index (χ4v) is 4.14. The number of non-ortho nitro benzene ring substituents is 1. The molecule has 38 heavy (non-hydrogen) atoms. The molecule has 1 aliphatic heterocycles. The van der Waals surface area contributed by atoms with Crippen molar-refractivity contribution in [3.8, 4) is 0 Å². The van der Waals surface area contributed by atoms with Gasteiger partial charge in [0.2, 0.25) is 5.78 Å². The zero-order valence-corrected chi connectivity index (χ0v) is 19.6. The van der Waals surface area contributed by atoms with Crippen LogP contribution in [-0.4, -0.2) is 28.5 Å². The number of ketones is 1. The second kappa shape index (κ2) is 9.90. The lowest BCUT2D eigenvalue weighted by atomic mass is 9.99. The third-order valence-corrected chi connectivity index (χ3v) is 6.08. The van der Waals surface area contributed by atoms with Gasteiger partial charge in [-0.2, -0.15) is 0 Å². The van der Waals surface area contributed by atoms with E-state index in [0.29, 0.717) is 16.7 Å². The van der Waals surface area contributed by atoms with Gasteiger partial charge in [-0.05, 0) is 48.5 Å². The van der Waals surface area contributed by atoms with Crippen LogP contribution in [0, 0.1) is 10.1 Å². The number of anilines is 1. The highest BCUT2D eigenvalue weighted by Gasteiger charge is 2.36. The smallest absolute Gasteiger partial charge is 0.339 e. The van der Waals surface area contributed by atoms with Gasteiger partial charge in [-0.15, -0.1) is 0 Å². The lowest BCUT2D eigenvalue weighted by Crippen LogP contribution is -2.29. The number of nitrogens with zero attached hydrogens (tertiary/aromatic N) is 2. The maximum atomic E-state index is 13.2. The lowest BCUT2D eigenvalue weighted by Gasteiger charge is -2.18. The van der Waals surface area contributed by atoms with E-state index in [1.807, 2.05) is 0 Å². The summed E-state index contributed by atoms with van der Waals surface area (Å²) in [5.41, 5.74) is 1.34. The molecule has 1 aliphatic rings. The standard InChI is InChI=1S/C29H18N2O7/c32-25(18-6-2-1-3-7-18)26(19-10-16-22(17-11-19)31(36)37)38-29(35)20-12-14-21(15-13-20)30-27(33)23-8-4-5-9-24(23)28(30)34/h1-17,26H/t26-/m1/s1. The van der Waals surface area contributed by atoms with Crippen LogP contribution in [0.4, 0.5) is 11.4 Å². The van der Waals surface area contributed by atoms with E-state index in [2.05, 4.69) is 0 Å². The number of hydrogen-bond acceptors (Lipinski definition) is 7. The van der Waals surface area contributed by atoms with Crippen molar-refractivity contribution in [1.29, 1.82) is 0 Å². The number of rotatable bonds is 7. The molecular formula is C29H18N2O7. The predicted molar refractivity (Wildman–Crippen MR) is 136 cm³/mol. The number of esters is 1. The van der Waals surface area contributed by atoms with Gasteiger partial charge in [0.15, 0.2) is 6.10 Å². The maximum absolute atomic E-state index is 13.2. The quantitative estimate of drug-likeness (QED) is 0.111. The van der Waals surface area contributed by atoms with E-state index in [1.54, 1.807) is 54.6 Å². The fourth-order valence-electron chi connectivity index (χ4n) is 4.14. The van der Waals surface area contributed by atoms with Crippen LogP contribution in [0.3, 0.4) is 0 Å². The van der Waals surface area contributed by atoms with Crippen LogP contribution in [0.5, 0.6) is 0 Å². The molecule has 0 radical (unpaired) electrons. The van der Waals surface area contributed by atoms with E-state index in [9.17, 15) is 29.3 Å². The van der Waals surface area contributed by atoms with E-state index in [1.165, 1.54) is 48.5 Å². The Morgan fingerprint density at radius 3 is 1.82 bits per heavy atom. The van der Waals surface area contributed by atoms with Gasteiger partial charge < -0.3 is 4.74 Å². The van der Waals surface area contributed by atoms with E-state index in [4.69, 9.17) is 4.74 Å². The normalized spacial score (nSPS) is 13.1. The highest BCUT2D eigenvalue weighted by molar-refractivity contribution is 6.34. The molecule has 0 spiro atoms. The fraction of sp³-hybridized carbons (Fsp3) is 0.0345. The molecule has 0 saturated carbocycles. The Bertz CT molecular complexity index is 1540. The van der Waals surface area contributed by atoms with E-state index >= 15 is 0 Å². The molecule has 4 aromatic rings. The highest BCUT2D eigenvalue weighted by atomic mass is 16.6. The molecule has 9 nitrogen and oxygen atoms in total. The first-order valence-electron chi connectivity index (χ1n) is 11.5. The number of nitro benzene ring substituents is 1. The second-order valence-corrected chi connectivity index (χ2v) is 8.40. The van der Waals surface area contributed by atoms with E-state index in [-0.39, 0.29) is 22.5 Å². The molecule has 0 aliphatic carbocycles. The SMILES string of the molecule is O=C(O[C@@H](C(=O)c1ccccc1)c1ccc([N+](=O)[O-])cc1)c1ccc(N2C(=O)c3ccccc3C2=O)cc1. The summed E-state index contributed by atoms with van der Waals surface area (Å²) in [5, 5.41) is 11.0. The maximum Gasteiger partial charge on any atom is 0.339 e. The zero-order chi connectivity index (χ0) is 26.8. The number of imide groups is 1. The minimum absolute atomic E-state index is 0.0816. The Morgan fingerprint density at radius 1 is 0.711 bits per heavy atom. The molecule has 0 aromatic heterocycles. The minimum atomic E-state index is -1.36. The molecule has 9 heteroatoms. The van der Waals surface area contributed by atoms with Gasteiger partial charge >= 0.3 is 5.97 Å². The third-order valence-electron chi connectivity index (χ3n) is 6.08. The predicted octanol–water partition coefficient (Wildman–Crippen LogP) is 5.18. The Labute approximate surface area is 216 Å². The Hall–Kier alpha value is -5.44. The Morgan fingerprint density at radius 2 is 1.26 bits per heavy atom. The molecular weight excluding hydrogens is 488 g/mol. The van der Waals surface area contributed by atoms with Crippen LogP contribution in [-0.2, 0) is 4.74 Å². The van der Waals surface area contributed by atoms with Gasteiger partial charge in [-0.25, -0.2) is 9.69 Å². The van der Waals surface area contributed by atoms with Gasteiger partial charge in [0.05, 0.1) is 27.3 Å². The molecule has 0 bridgehead atoms. The van der Waals surface area contributed by atoms with Gasteiger partial charge in [0.1, 0.15) is 0 Å². The van der Waals surface area contributed by atoms with Crippen molar-refractivity contribution in [3.05, 3.63) is 141 Å². The van der Waals surface area contributed by atoms with Crippen LogP contribution < -0.4 is 4.90 Å². The molecule has 1 atom stereocenters. The Kier molecular flexibility index (Phi) is 6.32. The summed E-state index contributed by atoms with van der Waals surface area (Å²) in [4.78, 5) is 63.3. The number of nitro groups is 1. The molecule has 0 fully saturated rings. The van der Waals surface area contributed by atoms with Crippen molar-refractivity contribution in [3.63, 3.8) is 0 Å². The van der Waals surface area contributed by atoms with Crippen molar-refractivity contribution in [2.75, 3.05) is 4.90 Å². The summed E-state index contributed by atoms with van der Waals surface area (Å²) in [5.74, 6) is -2.26. The van der Waals surface area contributed by atoms with Crippen LogP contribution in [0.15, 0.2) is 103 Å². The average Bonchev–Trinajstić information content (AvgIpc) is 3.21. The van der Waals surface area contributed by atoms with E-state index < -0.39 is 34.6 Å². The van der Waals surface area contributed by atoms with Gasteiger partial charge in [-0.1, -0.05) is 42.5 Å². The molecule has 1 heterocycles. The van der Waals surface area contributed by atoms with Crippen molar-refractivity contribution in [2.24, 2.45) is 0 Å². The molecule has 2 amide bonds. The number of Topliss-reactive ketones (excluding diaryl/α,β-unsaturated/α-hetero) is 1. The van der Waals surface area contributed by atoms with Crippen LogP contribution in [0.25, 0.3) is 0 Å². The first-order valence-corrected chi connectivity index (χ1v) is 11.5. The van der Waals surface area contributed by atoms with Crippen LogP contribution in [0.2, 0.25) is 0 Å². The van der Waals surface area contributed by atoms with Crippen molar-refractivity contribution < 1.29 is 28.8 Å². The first kappa shape index (κ1) is 24.3. The largest absolute Gasteiger partial charge is 0.445 e. The van der Waals surface area contributed by atoms with Gasteiger partial charge in [-0.3, -0.25) is 24.5 Å². The van der Waals surface area contributed by atoms with Crippen LogP contribution in [0.1, 0.15) is 53.1 Å². The molecule has 5 rings (SSSR count). The number of carbonyl (C=O) groups excluding carboxylic acids is 4. The number of hydrogen-bond donors (Lipinski definition) is 0. The lowest BCUT2D eigenvalue weighted by molar-refractivity contribution is -0.384. The van der Waals surface area contributed by atoms with Crippen LogP contribution >= 0.6 is 0 Å². The molecule has 186 valence electrons. The summed E-state index contributed by atoms with van der Waals surface area (Å²) in [6.07, 6.45) is -1.36. The van der Waals surface area contributed by atoms with Crippen molar-refractivity contribution >= 4 is 34.9 Å². The molecule has 4 aromatic carbocycles. The number of amides is 2. The monoisotopic (exact) mass is 506 g/mol. The summed E-state index contributed by atoms with van der Waals surface area (Å²) in [7, 11) is 0. The minimum Gasteiger partial charge on any atom is -0.445 e. The Balaban J connectivity index is 1.40. The number of carbonyl (C=O) groups is 4. The van der Waals surface area contributed by atoms with Crippen molar-refractivity contribution in [2.45, 2.75) is 6.10 Å². The summed E-state index contributed by atoms with van der Waals surface area (Å²) >= 11 is 0. The molecule has 0 saturated heterocycles. The summed E-state index contributed by atoms with van der Waals surface area (Å²) in [6, 6.07) is 25.6. The van der Waals surface area contributed by atoms with E-state index in [0.717, 1.165) is 4.90 Å². The zero-order valence-electron chi connectivity index (χ0n) is 19.6. The summed E-state index contributed by atoms with van der Waals surface area (Å²) < 4.78 is 5.59. The molecule has 0 N–H and O–H groups in total. The number of benzene rings is 4. The van der Waals surface area contributed by atoms with Gasteiger partial charge in [0, 0.05) is 23.3 Å². The average molecular weight is 506 g/mol. The number of ether oxygens (including phenoxy) is 1. The number of fused-ring (bicyclic) bond motifs is 1. The highest BCUT2D eigenvalue weighted by Crippen LogP contribution is 2.30. The first-order chi connectivity index (χ1) is 18.3. The molecule has 0 unspecified atom stereocenters. The summed E-state index contributed by atoms with van der Waals surface area (Å²) in [6.45, 7) is 0. The van der Waals surface area contributed by atoms with Gasteiger partial charge in [0.25, 0.3) is 17.5 Å². The second-order valence-electron chi connectivity index (χ2n) is 8.40. The van der Waals surface area contributed by atoms with Crippen molar-refractivity contribution in [1.82, 2.24) is 0 Å². The third kappa shape index (κ3) is 4.44.